The van der Waals surface area contributed by atoms with Crippen LogP contribution in [0.4, 0.5) is 0 Å². The summed E-state index contributed by atoms with van der Waals surface area (Å²) in [5, 5.41) is 3.23. The van der Waals surface area contributed by atoms with Crippen molar-refractivity contribution in [1.29, 1.82) is 0 Å². The molecule has 0 spiro atoms. The number of thiophene rings is 1. The molecule has 0 fully saturated rings. The average molecular weight is 181 g/mol. The normalized spacial score (nSPS) is 9.92. The highest BCUT2D eigenvalue weighted by atomic mass is 32.1. The van der Waals surface area contributed by atoms with Crippen molar-refractivity contribution in [2.75, 3.05) is 6.54 Å². The summed E-state index contributed by atoms with van der Waals surface area (Å²) in [5.74, 6) is 0. The molecule has 2 heteroatoms. The van der Waals surface area contributed by atoms with E-state index < -0.39 is 0 Å². The Balaban J connectivity index is 2.87. The fraction of sp³-hybridized carbons (Fsp3) is 0.400. The molecule has 12 heavy (non-hydrogen) atoms. The van der Waals surface area contributed by atoms with Gasteiger partial charge in [0, 0.05) is 17.1 Å². The molecule has 1 heterocycles. The Kier molecular flexibility index (Phi) is 2.93. The molecule has 1 nitrogen and oxygen atoms in total. The monoisotopic (exact) mass is 181 g/mol. The van der Waals surface area contributed by atoms with Gasteiger partial charge in [-0.05, 0) is 32.4 Å². The SMILES string of the molecule is C=C(NCC)c1sc(C)cc1C. The van der Waals surface area contributed by atoms with Crippen molar-refractivity contribution in [3.05, 3.63) is 28.0 Å². The molecule has 0 atom stereocenters. The van der Waals surface area contributed by atoms with E-state index >= 15 is 0 Å². The van der Waals surface area contributed by atoms with E-state index in [2.05, 4.69) is 38.7 Å². The van der Waals surface area contributed by atoms with Gasteiger partial charge in [0.1, 0.15) is 0 Å². The topological polar surface area (TPSA) is 12.0 Å². The smallest absolute Gasteiger partial charge is 0.0527 e. The van der Waals surface area contributed by atoms with Crippen LogP contribution in [0.2, 0.25) is 0 Å². The van der Waals surface area contributed by atoms with Crippen LogP contribution in [0.5, 0.6) is 0 Å². The Morgan fingerprint density at radius 1 is 1.58 bits per heavy atom. The van der Waals surface area contributed by atoms with Crippen molar-refractivity contribution in [1.82, 2.24) is 5.32 Å². The maximum absolute atomic E-state index is 3.99. The first-order valence-corrected chi connectivity index (χ1v) is 4.97. The van der Waals surface area contributed by atoms with Crippen LogP contribution in [0.15, 0.2) is 12.6 Å². The summed E-state index contributed by atoms with van der Waals surface area (Å²) < 4.78 is 0. The minimum Gasteiger partial charge on any atom is -0.385 e. The van der Waals surface area contributed by atoms with Gasteiger partial charge in [-0.15, -0.1) is 11.3 Å². The number of hydrogen-bond acceptors (Lipinski definition) is 2. The average Bonchev–Trinajstić information content (AvgIpc) is 2.30. The maximum atomic E-state index is 3.99. The van der Waals surface area contributed by atoms with E-state index in [9.17, 15) is 0 Å². The summed E-state index contributed by atoms with van der Waals surface area (Å²) in [6.07, 6.45) is 0. The highest BCUT2D eigenvalue weighted by molar-refractivity contribution is 7.13. The van der Waals surface area contributed by atoms with Gasteiger partial charge in [0.15, 0.2) is 0 Å². The highest BCUT2D eigenvalue weighted by Crippen LogP contribution is 2.25. The molecule has 1 N–H and O–H groups in total. The lowest BCUT2D eigenvalue weighted by molar-refractivity contribution is 0.944. The molecule has 1 aromatic rings. The zero-order chi connectivity index (χ0) is 9.14. The van der Waals surface area contributed by atoms with E-state index in [-0.39, 0.29) is 0 Å². The van der Waals surface area contributed by atoms with Gasteiger partial charge in [0.25, 0.3) is 0 Å². The van der Waals surface area contributed by atoms with Crippen molar-refractivity contribution in [3.63, 3.8) is 0 Å². The third-order valence-corrected chi connectivity index (χ3v) is 2.92. The number of aryl methyl sites for hydroxylation is 2. The summed E-state index contributed by atoms with van der Waals surface area (Å²) in [7, 11) is 0. The lowest BCUT2D eigenvalue weighted by atomic mass is 10.2. The van der Waals surface area contributed by atoms with E-state index in [1.54, 1.807) is 11.3 Å². The fourth-order valence-corrected chi connectivity index (χ4v) is 2.21. The summed E-state index contributed by atoms with van der Waals surface area (Å²) in [6.45, 7) is 11.3. The van der Waals surface area contributed by atoms with Crippen LogP contribution in [0.1, 0.15) is 22.2 Å². The van der Waals surface area contributed by atoms with Gasteiger partial charge in [0.2, 0.25) is 0 Å². The molecule has 1 aromatic heterocycles. The molecular weight excluding hydrogens is 166 g/mol. The lowest BCUT2D eigenvalue weighted by Crippen LogP contribution is -2.09. The predicted octanol–water partition coefficient (Wildman–Crippen LogP) is 2.95. The molecule has 0 bridgehead atoms. The van der Waals surface area contributed by atoms with Crippen LogP contribution in [0.3, 0.4) is 0 Å². The second-order valence-electron chi connectivity index (χ2n) is 2.88. The Bertz CT molecular complexity index is 286. The largest absolute Gasteiger partial charge is 0.385 e. The zero-order valence-corrected chi connectivity index (χ0v) is 8.72. The van der Waals surface area contributed by atoms with Crippen molar-refractivity contribution in [2.45, 2.75) is 20.8 Å². The molecule has 0 aromatic carbocycles. The van der Waals surface area contributed by atoms with Gasteiger partial charge >= 0.3 is 0 Å². The molecule has 0 amide bonds. The molecule has 66 valence electrons. The van der Waals surface area contributed by atoms with Gasteiger partial charge in [-0.2, -0.15) is 0 Å². The first kappa shape index (κ1) is 9.33. The van der Waals surface area contributed by atoms with Gasteiger partial charge in [0.05, 0.1) is 4.88 Å². The Morgan fingerprint density at radius 3 is 2.67 bits per heavy atom. The molecule has 0 unspecified atom stereocenters. The third kappa shape index (κ3) is 1.89. The van der Waals surface area contributed by atoms with Crippen LogP contribution in [0.25, 0.3) is 5.70 Å². The van der Waals surface area contributed by atoms with Gasteiger partial charge in [-0.1, -0.05) is 6.58 Å². The summed E-state index contributed by atoms with van der Waals surface area (Å²) >= 11 is 1.80. The van der Waals surface area contributed by atoms with E-state index in [0.717, 1.165) is 12.2 Å². The minimum atomic E-state index is 0.940. The Labute approximate surface area is 78.1 Å². The quantitative estimate of drug-likeness (QED) is 0.756. The summed E-state index contributed by atoms with van der Waals surface area (Å²) in [6, 6.07) is 2.20. The van der Waals surface area contributed by atoms with E-state index in [4.69, 9.17) is 0 Å². The number of nitrogens with one attached hydrogen (secondary N) is 1. The summed E-state index contributed by atoms with van der Waals surface area (Å²) in [5.41, 5.74) is 2.37. The molecule has 0 saturated carbocycles. The van der Waals surface area contributed by atoms with Gasteiger partial charge in [-0.25, -0.2) is 0 Å². The molecule has 0 aliphatic heterocycles. The van der Waals surface area contributed by atoms with Crippen LogP contribution in [0, 0.1) is 13.8 Å². The zero-order valence-electron chi connectivity index (χ0n) is 7.90. The number of rotatable bonds is 3. The second kappa shape index (κ2) is 3.76. The van der Waals surface area contributed by atoms with Gasteiger partial charge < -0.3 is 5.32 Å². The molecular formula is C10H15NS. The molecule has 0 radical (unpaired) electrons. The fourth-order valence-electron chi connectivity index (χ4n) is 1.23. The van der Waals surface area contributed by atoms with E-state index in [1.165, 1.54) is 15.3 Å². The van der Waals surface area contributed by atoms with Gasteiger partial charge in [-0.3, -0.25) is 0 Å². The Hall–Kier alpha value is -0.760. The van der Waals surface area contributed by atoms with Crippen molar-refractivity contribution in [2.24, 2.45) is 0 Å². The third-order valence-electron chi connectivity index (χ3n) is 1.71. The highest BCUT2D eigenvalue weighted by Gasteiger charge is 2.04. The molecule has 0 saturated heterocycles. The molecule has 0 aliphatic carbocycles. The van der Waals surface area contributed by atoms with E-state index in [0.29, 0.717) is 0 Å². The van der Waals surface area contributed by atoms with E-state index in [1.807, 2.05) is 0 Å². The van der Waals surface area contributed by atoms with Crippen molar-refractivity contribution in [3.8, 4) is 0 Å². The first-order chi connectivity index (χ1) is 5.65. The van der Waals surface area contributed by atoms with Crippen molar-refractivity contribution < 1.29 is 0 Å². The Morgan fingerprint density at radius 2 is 2.25 bits per heavy atom. The standard InChI is InChI=1S/C10H15NS/c1-5-11-9(4)10-7(2)6-8(3)12-10/h6,11H,4-5H2,1-3H3. The number of hydrogen-bond donors (Lipinski definition) is 1. The van der Waals surface area contributed by atoms with Crippen LogP contribution >= 0.6 is 11.3 Å². The van der Waals surface area contributed by atoms with Crippen LogP contribution < -0.4 is 5.32 Å². The van der Waals surface area contributed by atoms with Crippen LogP contribution in [-0.2, 0) is 0 Å². The molecule has 1 rings (SSSR count). The minimum absolute atomic E-state index is 0.940. The maximum Gasteiger partial charge on any atom is 0.0527 e. The lowest BCUT2D eigenvalue weighted by Gasteiger charge is -2.05. The molecule has 0 aliphatic rings. The van der Waals surface area contributed by atoms with Crippen molar-refractivity contribution >= 4 is 17.0 Å². The summed E-state index contributed by atoms with van der Waals surface area (Å²) in [4.78, 5) is 2.64. The van der Waals surface area contributed by atoms with Crippen LogP contribution in [-0.4, -0.2) is 6.54 Å². The second-order valence-corrected chi connectivity index (χ2v) is 4.13. The first-order valence-electron chi connectivity index (χ1n) is 4.15. The predicted molar refractivity (Wildman–Crippen MR) is 56.5 cm³/mol.